The zero-order chi connectivity index (χ0) is 21.0. The lowest BCUT2D eigenvalue weighted by molar-refractivity contribution is -0.117. The van der Waals surface area contributed by atoms with E-state index in [1.807, 2.05) is 0 Å². The first-order valence-electron chi connectivity index (χ1n) is 8.94. The van der Waals surface area contributed by atoms with Crippen LogP contribution in [0.3, 0.4) is 0 Å². The standard InChI is InChI=1S/C17H19ClN8O3/c1-2-25-14-12(23-16(18)24-14)15(28)26(17(25)29)8-4-3-5-11(27)22-13(19)10-9-20-6-7-21-10/h6-7,9H,2-5,8H2,1H3,(H,23,24)(H2,19,22,27). The van der Waals surface area contributed by atoms with Gasteiger partial charge in [-0.3, -0.25) is 23.7 Å². The van der Waals surface area contributed by atoms with Gasteiger partial charge in [0.05, 0.1) is 6.20 Å². The molecular formula is C17H19ClN8O3. The van der Waals surface area contributed by atoms with Crippen molar-refractivity contribution in [3.05, 3.63) is 50.4 Å². The van der Waals surface area contributed by atoms with Gasteiger partial charge in [-0.05, 0) is 31.4 Å². The summed E-state index contributed by atoms with van der Waals surface area (Å²) >= 11 is 5.84. The molecular weight excluding hydrogens is 400 g/mol. The first kappa shape index (κ1) is 20.4. The van der Waals surface area contributed by atoms with Gasteiger partial charge in [-0.2, -0.15) is 9.98 Å². The minimum Gasteiger partial charge on any atom is -0.382 e. The molecule has 0 bridgehead atoms. The van der Waals surface area contributed by atoms with Crippen molar-refractivity contribution >= 4 is 34.5 Å². The van der Waals surface area contributed by atoms with Crippen LogP contribution in [0.5, 0.6) is 0 Å². The third kappa shape index (κ3) is 4.40. The average Bonchev–Trinajstić information content (AvgIpc) is 3.10. The molecule has 0 aliphatic carbocycles. The molecule has 152 valence electrons. The fraction of sp³-hybridized carbons (Fsp3) is 0.353. The number of aliphatic imine (C=N–C) groups is 1. The van der Waals surface area contributed by atoms with Crippen LogP contribution in [-0.4, -0.2) is 40.8 Å². The van der Waals surface area contributed by atoms with Gasteiger partial charge in [-0.25, -0.2) is 9.78 Å². The molecule has 0 aliphatic rings. The van der Waals surface area contributed by atoms with Gasteiger partial charge < -0.3 is 10.7 Å². The van der Waals surface area contributed by atoms with Crippen molar-refractivity contribution in [2.24, 2.45) is 10.7 Å². The van der Waals surface area contributed by atoms with Gasteiger partial charge in [0.25, 0.3) is 5.56 Å². The summed E-state index contributed by atoms with van der Waals surface area (Å²) in [5.41, 5.74) is 5.49. The highest BCUT2D eigenvalue weighted by molar-refractivity contribution is 6.29. The number of aromatic amines is 1. The number of aromatic nitrogens is 6. The molecule has 11 nitrogen and oxygen atoms in total. The fourth-order valence-corrected chi connectivity index (χ4v) is 3.02. The van der Waals surface area contributed by atoms with E-state index in [0.717, 1.165) is 4.57 Å². The molecule has 29 heavy (non-hydrogen) atoms. The van der Waals surface area contributed by atoms with Crippen molar-refractivity contribution < 1.29 is 4.79 Å². The van der Waals surface area contributed by atoms with Crippen LogP contribution in [0.4, 0.5) is 0 Å². The second kappa shape index (κ2) is 8.78. The van der Waals surface area contributed by atoms with E-state index < -0.39 is 17.2 Å². The van der Waals surface area contributed by atoms with Crippen LogP contribution in [-0.2, 0) is 17.9 Å². The minimum atomic E-state index is -0.495. The molecule has 3 heterocycles. The Bertz CT molecular complexity index is 1180. The van der Waals surface area contributed by atoms with Crippen molar-refractivity contribution in [3.63, 3.8) is 0 Å². The summed E-state index contributed by atoms with van der Waals surface area (Å²) in [6, 6.07) is 0. The van der Waals surface area contributed by atoms with E-state index in [-0.39, 0.29) is 35.2 Å². The number of imidazole rings is 1. The maximum Gasteiger partial charge on any atom is 0.332 e. The Morgan fingerprint density at radius 3 is 2.76 bits per heavy atom. The predicted octanol–water partition coefficient (Wildman–Crippen LogP) is 0.452. The average molecular weight is 419 g/mol. The SMILES string of the molecule is CCn1c(=O)n(CCCCC(=O)N=C(N)c2cnccn2)c(=O)c2[nH]c(Cl)nc21. The van der Waals surface area contributed by atoms with Crippen LogP contribution in [0, 0.1) is 0 Å². The molecule has 1 amide bonds. The third-order valence-electron chi connectivity index (χ3n) is 4.24. The Balaban J connectivity index is 1.67. The number of nitrogens with zero attached hydrogens (tertiary/aromatic N) is 6. The lowest BCUT2D eigenvalue weighted by atomic mass is 10.2. The number of halogens is 1. The van der Waals surface area contributed by atoms with Gasteiger partial charge in [0, 0.05) is 31.9 Å². The molecule has 0 saturated carbocycles. The number of aryl methyl sites for hydroxylation is 1. The number of carbonyl (C=O) groups excluding carboxylic acids is 1. The maximum atomic E-state index is 12.6. The van der Waals surface area contributed by atoms with E-state index in [1.165, 1.54) is 23.2 Å². The number of amidine groups is 1. The number of hydrogen-bond acceptors (Lipinski definition) is 6. The van der Waals surface area contributed by atoms with Gasteiger partial charge in [0.15, 0.2) is 17.0 Å². The summed E-state index contributed by atoms with van der Waals surface area (Å²) in [6.45, 7) is 2.27. The molecule has 3 rings (SSSR count). The van der Waals surface area contributed by atoms with Crippen LogP contribution in [0.25, 0.3) is 11.2 Å². The number of rotatable bonds is 7. The number of carbonyl (C=O) groups is 1. The lowest BCUT2D eigenvalue weighted by Gasteiger charge is -2.09. The van der Waals surface area contributed by atoms with Crippen molar-refractivity contribution in [2.75, 3.05) is 0 Å². The van der Waals surface area contributed by atoms with Crippen LogP contribution in [0.15, 0.2) is 33.2 Å². The second-order valence-electron chi connectivity index (χ2n) is 6.15. The topological polar surface area (TPSA) is 154 Å². The molecule has 0 aromatic carbocycles. The van der Waals surface area contributed by atoms with E-state index in [2.05, 4.69) is 24.9 Å². The predicted molar refractivity (Wildman–Crippen MR) is 107 cm³/mol. The quantitative estimate of drug-likeness (QED) is 0.244. The summed E-state index contributed by atoms with van der Waals surface area (Å²) < 4.78 is 2.48. The highest BCUT2D eigenvalue weighted by Gasteiger charge is 2.16. The van der Waals surface area contributed by atoms with Crippen LogP contribution >= 0.6 is 11.6 Å². The molecule has 0 atom stereocenters. The molecule has 0 saturated heterocycles. The number of amides is 1. The Hall–Kier alpha value is -3.34. The second-order valence-corrected chi connectivity index (χ2v) is 6.51. The number of fused-ring (bicyclic) bond motifs is 1. The Labute approximate surface area is 169 Å². The Morgan fingerprint density at radius 2 is 2.07 bits per heavy atom. The first-order valence-corrected chi connectivity index (χ1v) is 9.32. The van der Waals surface area contributed by atoms with Gasteiger partial charge >= 0.3 is 5.69 Å². The summed E-state index contributed by atoms with van der Waals surface area (Å²) in [5.74, 6) is -0.422. The molecule has 3 aromatic heterocycles. The number of nitrogens with one attached hydrogen (secondary N) is 1. The molecule has 0 radical (unpaired) electrons. The molecule has 3 aromatic rings. The van der Waals surface area contributed by atoms with Crippen LogP contribution in [0.2, 0.25) is 5.28 Å². The van der Waals surface area contributed by atoms with Gasteiger partial charge in [-0.1, -0.05) is 0 Å². The molecule has 0 fully saturated rings. The third-order valence-corrected chi connectivity index (χ3v) is 4.42. The smallest absolute Gasteiger partial charge is 0.332 e. The molecule has 3 N–H and O–H groups in total. The fourth-order valence-electron chi connectivity index (χ4n) is 2.85. The van der Waals surface area contributed by atoms with Gasteiger partial charge in [0.2, 0.25) is 11.2 Å². The number of H-pyrrole nitrogens is 1. The summed E-state index contributed by atoms with van der Waals surface area (Å²) in [5, 5.41) is 0.0422. The number of nitrogens with two attached hydrogens (primary N) is 1. The molecule has 0 unspecified atom stereocenters. The maximum absolute atomic E-state index is 12.6. The molecule has 12 heteroatoms. The lowest BCUT2D eigenvalue weighted by Crippen LogP contribution is -2.40. The zero-order valence-corrected chi connectivity index (χ0v) is 16.4. The normalized spacial score (nSPS) is 11.9. The number of unbranched alkanes of at least 4 members (excludes halogenated alkanes) is 1. The monoisotopic (exact) mass is 418 g/mol. The number of hydrogen-bond donors (Lipinski definition) is 2. The highest BCUT2D eigenvalue weighted by atomic mass is 35.5. The Morgan fingerprint density at radius 1 is 1.28 bits per heavy atom. The Kier molecular flexibility index (Phi) is 6.17. The summed E-state index contributed by atoms with van der Waals surface area (Å²) in [7, 11) is 0. The van der Waals surface area contributed by atoms with Crippen molar-refractivity contribution in [2.45, 2.75) is 39.3 Å². The zero-order valence-electron chi connectivity index (χ0n) is 15.6. The molecule has 0 aliphatic heterocycles. The highest BCUT2D eigenvalue weighted by Crippen LogP contribution is 2.09. The van der Waals surface area contributed by atoms with Gasteiger partial charge in [-0.15, -0.1) is 0 Å². The van der Waals surface area contributed by atoms with E-state index in [1.54, 1.807) is 6.92 Å². The first-order chi connectivity index (χ1) is 13.9. The minimum absolute atomic E-state index is 0.00766. The van der Waals surface area contributed by atoms with Gasteiger partial charge in [0.1, 0.15) is 5.69 Å². The summed E-state index contributed by atoms with van der Waals surface area (Å²) in [6.07, 6.45) is 5.33. The van der Waals surface area contributed by atoms with Crippen LogP contribution in [0.1, 0.15) is 31.9 Å². The van der Waals surface area contributed by atoms with Crippen molar-refractivity contribution in [1.82, 2.24) is 29.1 Å². The van der Waals surface area contributed by atoms with Crippen molar-refractivity contribution in [1.29, 1.82) is 0 Å². The molecule has 0 spiro atoms. The van der Waals surface area contributed by atoms with E-state index in [0.29, 0.717) is 25.1 Å². The van der Waals surface area contributed by atoms with E-state index in [4.69, 9.17) is 17.3 Å². The van der Waals surface area contributed by atoms with Crippen LogP contribution < -0.4 is 17.0 Å². The largest absolute Gasteiger partial charge is 0.382 e. The van der Waals surface area contributed by atoms with Crippen molar-refractivity contribution in [3.8, 4) is 0 Å². The van der Waals surface area contributed by atoms with E-state index >= 15 is 0 Å². The summed E-state index contributed by atoms with van der Waals surface area (Å²) in [4.78, 5) is 55.4. The van der Waals surface area contributed by atoms with E-state index in [9.17, 15) is 14.4 Å².